The summed E-state index contributed by atoms with van der Waals surface area (Å²) in [6, 6.07) is 3.45. The summed E-state index contributed by atoms with van der Waals surface area (Å²) in [6.45, 7) is 2.11. The third kappa shape index (κ3) is 4.37. The average Bonchev–Trinajstić information content (AvgIpc) is 2.46. The highest BCUT2D eigenvalue weighted by molar-refractivity contribution is 5.86. The molecule has 1 rings (SSSR count). The first-order valence-electron chi connectivity index (χ1n) is 6.88. The van der Waals surface area contributed by atoms with Gasteiger partial charge in [0.25, 0.3) is 0 Å². The Kier molecular flexibility index (Phi) is 6.77. The van der Waals surface area contributed by atoms with Gasteiger partial charge in [-0.2, -0.15) is 0 Å². The molecule has 0 radical (unpaired) electrons. The maximum atomic E-state index is 11.9. The van der Waals surface area contributed by atoms with Crippen molar-refractivity contribution in [1.82, 2.24) is 0 Å². The summed E-state index contributed by atoms with van der Waals surface area (Å²) >= 11 is 0. The monoisotopic (exact) mass is 278 g/mol. The van der Waals surface area contributed by atoms with Crippen LogP contribution in [0.1, 0.15) is 48.5 Å². The molecule has 0 aliphatic heterocycles. The van der Waals surface area contributed by atoms with Gasteiger partial charge in [0.1, 0.15) is 17.3 Å². The Bertz CT molecular complexity index is 441. The minimum atomic E-state index is 0.196. The summed E-state index contributed by atoms with van der Waals surface area (Å²) in [4.78, 5) is 22.9. The highest BCUT2D eigenvalue weighted by Gasteiger charge is 2.13. The Hall–Kier alpha value is -1.84. The van der Waals surface area contributed by atoms with Crippen molar-refractivity contribution in [2.24, 2.45) is 0 Å². The van der Waals surface area contributed by atoms with Crippen LogP contribution in [0.3, 0.4) is 0 Å². The summed E-state index contributed by atoms with van der Waals surface area (Å²) in [5.74, 6) is 1.08. The molecule has 0 atom stereocenters. The predicted octanol–water partition coefficient (Wildman–Crippen LogP) is 3.21. The van der Waals surface area contributed by atoms with Gasteiger partial charge in [-0.1, -0.05) is 19.8 Å². The topological polar surface area (TPSA) is 52.6 Å². The lowest BCUT2D eigenvalue weighted by Crippen LogP contribution is -2.04. The van der Waals surface area contributed by atoms with E-state index in [2.05, 4.69) is 6.92 Å². The van der Waals surface area contributed by atoms with Crippen LogP contribution in [0.25, 0.3) is 0 Å². The van der Waals surface area contributed by atoms with Crippen molar-refractivity contribution in [2.75, 3.05) is 14.2 Å². The molecule has 1 aromatic rings. The SMILES string of the molecule is CCCCCC(=O)Cc1cc(OC)c(C=O)c(OC)c1. The lowest BCUT2D eigenvalue weighted by Gasteiger charge is -2.11. The highest BCUT2D eigenvalue weighted by atomic mass is 16.5. The Labute approximate surface area is 120 Å². The highest BCUT2D eigenvalue weighted by Crippen LogP contribution is 2.29. The van der Waals surface area contributed by atoms with Crippen molar-refractivity contribution >= 4 is 12.1 Å². The number of methoxy groups -OCH3 is 2. The summed E-state index contributed by atoms with van der Waals surface area (Å²) < 4.78 is 10.4. The van der Waals surface area contributed by atoms with Crippen LogP contribution in [-0.4, -0.2) is 26.3 Å². The lowest BCUT2D eigenvalue weighted by atomic mass is 10.0. The third-order valence-electron chi connectivity index (χ3n) is 3.18. The molecule has 20 heavy (non-hydrogen) atoms. The molecule has 110 valence electrons. The molecular weight excluding hydrogens is 256 g/mol. The smallest absolute Gasteiger partial charge is 0.157 e. The molecule has 1 aromatic carbocycles. The number of ketones is 1. The van der Waals surface area contributed by atoms with Gasteiger partial charge in [-0.15, -0.1) is 0 Å². The zero-order valence-corrected chi connectivity index (χ0v) is 12.4. The van der Waals surface area contributed by atoms with Gasteiger partial charge >= 0.3 is 0 Å². The van der Waals surface area contributed by atoms with E-state index in [1.807, 2.05) is 0 Å². The first kappa shape index (κ1) is 16.2. The predicted molar refractivity (Wildman–Crippen MR) is 77.8 cm³/mol. The van der Waals surface area contributed by atoms with Gasteiger partial charge in [0.05, 0.1) is 19.8 Å². The number of rotatable bonds is 9. The number of unbranched alkanes of at least 4 members (excludes halogenated alkanes) is 2. The summed E-state index contributed by atoms with van der Waals surface area (Å²) in [7, 11) is 2.99. The Morgan fingerprint density at radius 1 is 1.15 bits per heavy atom. The fourth-order valence-corrected chi connectivity index (χ4v) is 2.10. The standard InChI is InChI=1S/C16H22O4/c1-4-5-6-7-13(18)8-12-9-15(19-2)14(11-17)16(10-12)20-3/h9-11H,4-8H2,1-3H3. The van der Waals surface area contributed by atoms with Crippen LogP contribution >= 0.6 is 0 Å². The molecule has 0 bridgehead atoms. The number of aldehydes is 1. The van der Waals surface area contributed by atoms with Gasteiger partial charge in [0.2, 0.25) is 0 Å². The maximum Gasteiger partial charge on any atom is 0.157 e. The number of hydrogen-bond donors (Lipinski definition) is 0. The van der Waals surface area contributed by atoms with E-state index in [4.69, 9.17) is 9.47 Å². The fourth-order valence-electron chi connectivity index (χ4n) is 2.10. The van der Waals surface area contributed by atoms with Crippen molar-refractivity contribution in [3.05, 3.63) is 23.3 Å². The zero-order chi connectivity index (χ0) is 15.0. The molecule has 0 aliphatic rings. The van der Waals surface area contributed by atoms with Crippen LogP contribution in [0, 0.1) is 0 Å². The van der Waals surface area contributed by atoms with Crippen molar-refractivity contribution in [3.63, 3.8) is 0 Å². The number of hydrogen-bond acceptors (Lipinski definition) is 4. The van der Waals surface area contributed by atoms with E-state index in [1.165, 1.54) is 14.2 Å². The second-order valence-electron chi connectivity index (χ2n) is 4.70. The molecular formula is C16H22O4. The van der Waals surface area contributed by atoms with Gasteiger partial charge in [-0.05, 0) is 24.1 Å². The number of benzene rings is 1. The number of carbonyl (C=O) groups is 2. The van der Waals surface area contributed by atoms with Crippen LogP contribution in [0.2, 0.25) is 0 Å². The van der Waals surface area contributed by atoms with E-state index in [0.29, 0.717) is 36.2 Å². The molecule has 0 spiro atoms. The van der Waals surface area contributed by atoms with Gasteiger partial charge < -0.3 is 9.47 Å². The maximum absolute atomic E-state index is 11.9. The Morgan fingerprint density at radius 3 is 2.20 bits per heavy atom. The van der Waals surface area contributed by atoms with E-state index in [0.717, 1.165) is 24.8 Å². The molecule has 4 heteroatoms. The second kappa shape index (κ2) is 8.35. The number of ether oxygens (including phenoxy) is 2. The Balaban J connectivity index is 2.85. The van der Waals surface area contributed by atoms with Crippen molar-refractivity contribution < 1.29 is 19.1 Å². The minimum Gasteiger partial charge on any atom is -0.496 e. The Morgan fingerprint density at radius 2 is 1.75 bits per heavy atom. The average molecular weight is 278 g/mol. The van der Waals surface area contributed by atoms with Gasteiger partial charge in [0.15, 0.2) is 6.29 Å². The van der Waals surface area contributed by atoms with Crippen LogP contribution in [0.5, 0.6) is 11.5 Å². The molecule has 0 saturated carbocycles. The normalized spacial score (nSPS) is 10.2. The van der Waals surface area contributed by atoms with Gasteiger partial charge in [0, 0.05) is 12.8 Å². The first-order chi connectivity index (χ1) is 9.65. The van der Waals surface area contributed by atoms with E-state index >= 15 is 0 Å². The van der Waals surface area contributed by atoms with Crippen molar-refractivity contribution in [1.29, 1.82) is 0 Å². The third-order valence-corrected chi connectivity index (χ3v) is 3.18. The lowest BCUT2D eigenvalue weighted by molar-refractivity contribution is -0.118. The van der Waals surface area contributed by atoms with Crippen molar-refractivity contribution in [3.8, 4) is 11.5 Å². The van der Waals surface area contributed by atoms with Crippen LogP contribution < -0.4 is 9.47 Å². The van der Waals surface area contributed by atoms with Crippen LogP contribution in [-0.2, 0) is 11.2 Å². The molecule has 0 unspecified atom stereocenters. The fraction of sp³-hybridized carbons (Fsp3) is 0.500. The van der Waals surface area contributed by atoms with E-state index in [-0.39, 0.29) is 5.78 Å². The largest absolute Gasteiger partial charge is 0.496 e. The molecule has 0 fully saturated rings. The second-order valence-corrected chi connectivity index (χ2v) is 4.70. The number of Topliss-reactive ketones (excluding diaryl/α,β-unsaturated/α-hetero) is 1. The van der Waals surface area contributed by atoms with Crippen LogP contribution in [0.15, 0.2) is 12.1 Å². The van der Waals surface area contributed by atoms with E-state index in [9.17, 15) is 9.59 Å². The van der Waals surface area contributed by atoms with E-state index < -0.39 is 0 Å². The summed E-state index contributed by atoms with van der Waals surface area (Å²) in [5.41, 5.74) is 1.18. The molecule has 0 aromatic heterocycles. The van der Waals surface area contributed by atoms with Crippen molar-refractivity contribution in [2.45, 2.75) is 39.0 Å². The first-order valence-corrected chi connectivity index (χ1v) is 6.88. The van der Waals surface area contributed by atoms with Gasteiger partial charge in [-0.3, -0.25) is 9.59 Å². The molecule has 0 heterocycles. The number of carbonyl (C=O) groups excluding carboxylic acids is 2. The molecule has 4 nitrogen and oxygen atoms in total. The summed E-state index contributed by atoms with van der Waals surface area (Å²) in [6.07, 6.45) is 4.73. The molecule has 0 aliphatic carbocycles. The minimum absolute atomic E-state index is 0.196. The summed E-state index contributed by atoms with van der Waals surface area (Å²) in [5, 5.41) is 0. The zero-order valence-electron chi connectivity index (χ0n) is 12.4. The molecule has 0 saturated heterocycles. The quantitative estimate of drug-likeness (QED) is 0.514. The van der Waals surface area contributed by atoms with Gasteiger partial charge in [-0.25, -0.2) is 0 Å². The van der Waals surface area contributed by atoms with E-state index in [1.54, 1.807) is 12.1 Å². The van der Waals surface area contributed by atoms with Crippen LogP contribution in [0.4, 0.5) is 0 Å². The molecule has 0 amide bonds. The molecule has 0 N–H and O–H groups in total.